The van der Waals surface area contributed by atoms with Crippen LogP contribution in [0.25, 0.3) is 10.9 Å². The fraction of sp³-hybridized carbons (Fsp3) is 0.385. The van der Waals surface area contributed by atoms with Gasteiger partial charge in [0.05, 0.1) is 12.6 Å². The number of methoxy groups -OCH3 is 1. The Morgan fingerprint density at radius 3 is 2.94 bits per heavy atom. The maximum absolute atomic E-state index is 5.55. The third-order valence-corrected chi connectivity index (χ3v) is 2.92. The molecule has 0 atom stereocenters. The quantitative estimate of drug-likeness (QED) is 0.827. The Hall–Kier alpha value is -1.48. The molecule has 1 heterocycles. The van der Waals surface area contributed by atoms with Crippen LogP contribution in [0, 0.1) is 6.92 Å². The molecule has 0 fully saturated rings. The van der Waals surface area contributed by atoms with Gasteiger partial charge < -0.3 is 15.5 Å². The number of aromatic amines is 1. The normalized spacial score (nSPS) is 10.9. The lowest BCUT2D eigenvalue weighted by molar-refractivity contribution is 0.414. The molecule has 0 saturated heterocycles. The molecule has 0 amide bonds. The van der Waals surface area contributed by atoms with Gasteiger partial charge in [-0.05, 0) is 43.5 Å². The van der Waals surface area contributed by atoms with Crippen LogP contribution in [0.4, 0.5) is 0 Å². The number of ether oxygens (including phenoxy) is 1. The maximum Gasteiger partial charge on any atom is 0.131 e. The van der Waals surface area contributed by atoms with E-state index in [0.717, 1.165) is 29.5 Å². The Kier molecular flexibility index (Phi) is 3.15. The summed E-state index contributed by atoms with van der Waals surface area (Å²) in [5.41, 5.74) is 9.22. The van der Waals surface area contributed by atoms with Crippen molar-refractivity contribution in [3.05, 3.63) is 29.5 Å². The Labute approximate surface area is 95.6 Å². The van der Waals surface area contributed by atoms with E-state index in [1.54, 1.807) is 7.11 Å². The van der Waals surface area contributed by atoms with Gasteiger partial charge in [0, 0.05) is 11.6 Å². The molecule has 0 radical (unpaired) electrons. The van der Waals surface area contributed by atoms with E-state index < -0.39 is 0 Å². The Morgan fingerprint density at radius 2 is 2.25 bits per heavy atom. The van der Waals surface area contributed by atoms with Crippen molar-refractivity contribution in [1.82, 2.24) is 4.98 Å². The van der Waals surface area contributed by atoms with E-state index in [9.17, 15) is 0 Å². The first kappa shape index (κ1) is 11.0. The summed E-state index contributed by atoms with van der Waals surface area (Å²) in [6, 6.07) is 4.25. The lowest BCUT2D eigenvalue weighted by Gasteiger charge is -2.11. The summed E-state index contributed by atoms with van der Waals surface area (Å²) in [6.07, 6.45) is 3.92. The number of benzene rings is 1. The number of hydrogen-bond donors (Lipinski definition) is 2. The summed E-state index contributed by atoms with van der Waals surface area (Å²) in [4.78, 5) is 3.24. The highest BCUT2D eigenvalue weighted by Crippen LogP contribution is 2.32. The molecule has 2 rings (SSSR count). The highest BCUT2D eigenvalue weighted by atomic mass is 16.5. The molecule has 0 saturated carbocycles. The standard InChI is InChI=1S/C13H18N2O/c1-9-8-10(4-3-6-14)13(16-2)11-5-7-15-12(9)11/h5,7-8,15H,3-4,6,14H2,1-2H3. The molecule has 2 aromatic rings. The van der Waals surface area contributed by atoms with Crippen molar-refractivity contribution in [3.8, 4) is 5.75 Å². The van der Waals surface area contributed by atoms with Crippen LogP contribution in [0.2, 0.25) is 0 Å². The van der Waals surface area contributed by atoms with Gasteiger partial charge in [0.25, 0.3) is 0 Å². The van der Waals surface area contributed by atoms with Crippen molar-refractivity contribution >= 4 is 10.9 Å². The van der Waals surface area contributed by atoms with Crippen LogP contribution in [0.1, 0.15) is 17.5 Å². The van der Waals surface area contributed by atoms with Crippen molar-refractivity contribution in [1.29, 1.82) is 0 Å². The number of rotatable bonds is 4. The van der Waals surface area contributed by atoms with Crippen molar-refractivity contribution in [3.63, 3.8) is 0 Å². The summed E-state index contributed by atoms with van der Waals surface area (Å²) >= 11 is 0. The summed E-state index contributed by atoms with van der Waals surface area (Å²) in [5.74, 6) is 0.982. The van der Waals surface area contributed by atoms with Gasteiger partial charge in [0.2, 0.25) is 0 Å². The Morgan fingerprint density at radius 1 is 1.44 bits per heavy atom. The van der Waals surface area contributed by atoms with Gasteiger partial charge in [0.1, 0.15) is 5.75 Å². The monoisotopic (exact) mass is 218 g/mol. The SMILES string of the molecule is COc1c(CCCN)cc(C)c2[nH]ccc12. The second-order valence-corrected chi connectivity index (χ2v) is 4.04. The van der Waals surface area contributed by atoms with Gasteiger partial charge in [0.15, 0.2) is 0 Å². The fourth-order valence-electron chi connectivity index (χ4n) is 2.18. The lowest BCUT2D eigenvalue weighted by Crippen LogP contribution is -2.02. The van der Waals surface area contributed by atoms with Gasteiger partial charge in [-0.25, -0.2) is 0 Å². The van der Waals surface area contributed by atoms with Crippen molar-refractivity contribution in [2.45, 2.75) is 19.8 Å². The average molecular weight is 218 g/mol. The van der Waals surface area contributed by atoms with E-state index in [2.05, 4.69) is 24.0 Å². The molecule has 3 nitrogen and oxygen atoms in total. The molecular formula is C13H18N2O. The number of nitrogens with one attached hydrogen (secondary N) is 1. The van der Waals surface area contributed by atoms with E-state index in [4.69, 9.17) is 10.5 Å². The zero-order valence-electron chi connectivity index (χ0n) is 9.84. The third kappa shape index (κ3) is 1.78. The van der Waals surface area contributed by atoms with E-state index in [1.807, 2.05) is 6.20 Å². The van der Waals surface area contributed by atoms with Crippen LogP contribution in [0.15, 0.2) is 18.3 Å². The smallest absolute Gasteiger partial charge is 0.131 e. The Bertz CT molecular complexity index is 488. The molecule has 0 spiro atoms. The number of aryl methyl sites for hydroxylation is 2. The molecule has 0 aliphatic rings. The van der Waals surface area contributed by atoms with E-state index >= 15 is 0 Å². The van der Waals surface area contributed by atoms with Gasteiger partial charge in [-0.1, -0.05) is 6.07 Å². The molecule has 1 aromatic carbocycles. The first-order valence-corrected chi connectivity index (χ1v) is 5.61. The fourth-order valence-corrected chi connectivity index (χ4v) is 2.18. The molecule has 1 aromatic heterocycles. The molecule has 0 unspecified atom stereocenters. The molecule has 16 heavy (non-hydrogen) atoms. The molecule has 3 N–H and O–H groups in total. The second kappa shape index (κ2) is 4.58. The van der Waals surface area contributed by atoms with Crippen LogP contribution >= 0.6 is 0 Å². The van der Waals surface area contributed by atoms with E-state index in [-0.39, 0.29) is 0 Å². The van der Waals surface area contributed by atoms with Gasteiger partial charge >= 0.3 is 0 Å². The van der Waals surface area contributed by atoms with E-state index in [1.165, 1.54) is 11.1 Å². The number of aromatic nitrogens is 1. The minimum absolute atomic E-state index is 0.716. The number of hydrogen-bond acceptors (Lipinski definition) is 2. The van der Waals surface area contributed by atoms with Crippen molar-refractivity contribution in [2.24, 2.45) is 5.73 Å². The summed E-state index contributed by atoms with van der Waals surface area (Å²) < 4.78 is 5.51. The number of H-pyrrole nitrogens is 1. The van der Waals surface area contributed by atoms with Crippen LogP contribution < -0.4 is 10.5 Å². The van der Waals surface area contributed by atoms with Crippen LogP contribution in [0.3, 0.4) is 0 Å². The van der Waals surface area contributed by atoms with E-state index in [0.29, 0.717) is 6.54 Å². The molecule has 0 aliphatic heterocycles. The highest BCUT2D eigenvalue weighted by molar-refractivity contribution is 5.89. The molecule has 0 aliphatic carbocycles. The molecule has 3 heteroatoms. The largest absolute Gasteiger partial charge is 0.496 e. The van der Waals surface area contributed by atoms with Crippen molar-refractivity contribution in [2.75, 3.05) is 13.7 Å². The van der Waals surface area contributed by atoms with Crippen molar-refractivity contribution < 1.29 is 4.74 Å². The van der Waals surface area contributed by atoms with Gasteiger partial charge in [-0.15, -0.1) is 0 Å². The van der Waals surface area contributed by atoms with Crippen LogP contribution in [-0.2, 0) is 6.42 Å². The van der Waals surface area contributed by atoms with Gasteiger partial charge in [-0.3, -0.25) is 0 Å². The minimum Gasteiger partial charge on any atom is -0.496 e. The second-order valence-electron chi connectivity index (χ2n) is 4.04. The van der Waals surface area contributed by atoms with Crippen LogP contribution in [0.5, 0.6) is 5.75 Å². The first-order valence-electron chi connectivity index (χ1n) is 5.61. The third-order valence-electron chi connectivity index (χ3n) is 2.92. The molecule has 86 valence electrons. The lowest BCUT2D eigenvalue weighted by atomic mass is 10.0. The van der Waals surface area contributed by atoms with Crippen LogP contribution in [-0.4, -0.2) is 18.6 Å². The maximum atomic E-state index is 5.55. The summed E-state index contributed by atoms with van der Waals surface area (Å²) in [6.45, 7) is 2.83. The number of fused-ring (bicyclic) bond motifs is 1. The highest BCUT2D eigenvalue weighted by Gasteiger charge is 2.11. The summed E-state index contributed by atoms with van der Waals surface area (Å²) in [5, 5.41) is 1.16. The number of nitrogens with two attached hydrogens (primary N) is 1. The molecular weight excluding hydrogens is 200 g/mol. The predicted molar refractivity (Wildman–Crippen MR) is 67.0 cm³/mol. The zero-order valence-corrected chi connectivity index (χ0v) is 9.84. The summed E-state index contributed by atoms with van der Waals surface area (Å²) in [7, 11) is 1.73. The minimum atomic E-state index is 0.716. The Balaban J connectivity index is 2.54. The zero-order chi connectivity index (χ0) is 11.5. The topological polar surface area (TPSA) is 51.0 Å². The molecule has 0 bridgehead atoms. The predicted octanol–water partition coefficient (Wildman–Crippen LogP) is 2.38. The first-order chi connectivity index (χ1) is 7.77. The average Bonchev–Trinajstić information content (AvgIpc) is 2.76. The van der Waals surface area contributed by atoms with Gasteiger partial charge in [-0.2, -0.15) is 0 Å².